The van der Waals surface area contributed by atoms with E-state index in [9.17, 15) is 25.5 Å². The quantitative estimate of drug-likeness (QED) is 0.641. The molecule has 0 amide bonds. The van der Waals surface area contributed by atoms with Crippen molar-refractivity contribution in [2.24, 2.45) is 0 Å². The van der Waals surface area contributed by atoms with Gasteiger partial charge in [0.15, 0.2) is 11.5 Å². The van der Waals surface area contributed by atoms with Gasteiger partial charge in [0.1, 0.15) is 17.2 Å². The average molecular weight is 336 g/mol. The average Bonchev–Trinajstić information content (AvgIpc) is 2.55. The minimum atomic E-state index is -0.667. The van der Waals surface area contributed by atoms with E-state index in [0.29, 0.717) is 5.56 Å². The molecule has 2 N–H and O–H groups in total. The molecule has 2 aromatic carbocycles. The van der Waals surface area contributed by atoms with Gasteiger partial charge in [-0.25, -0.2) is 4.79 Å². The number of rotatable bonds is 2. The first-order valence-corrected chi connectivity index (χ1v) is 7.41. The first kappa shape index (κ1) is 17.8. The third kappa shape index (κ3) is 3.70. The zero-order valence-corrected chi connectivity index (χ0v) is 14.0. The van der Waals surface area contributed by atoms with Gasteiger partial charge in [0, 0.05) is 11.6 Å². The van der Waals surface area contributed by atoms with Crippen LogP contribution in [0.5, 0.6) is 11.5 Å². The summed E-state index contributed by atoms with van der Waals surface area (Å²) in [6, 6.07) is 11.0. The second-order valence-corrected chi connectivity index (χ2v) is 6.35. The predicted octanol–water partition coefficient (Wildman–Crippen LogP) is 3.46. The van der Waals surface area contributed by atoms with Crippen LogP contribution in [-0.2, 0) is 4.74 Å². The molecule has 0 fully saturated rings. The summed E-state index contributed by atoms with van der Waals surface area (Å²) in [6.45, 7) is 5.23. The SMILES string of the molecule is CC(C)(C)OC(=O)c1cccc(-c2c(C#N)cc(O)c(O)c2C#N)c1. The van der Waals surface area contributed by atoms with Crippen molar-refractivity contribution in [1.29, 1.82) is 10.5 Å². The maximum Gasteiger partial charge on any atom is 0.338 e. The van der Waals surface area contributed by atoms with Crippen LogP contribution >= 0.6 is 0 Å². The normalized spacial score (nSPS) is 10.6. The number of phenols is 2. The lowest BCUT2D eigenvalue weighted by Gasteiger charge is -2.19. The van der Waals surface area contributed by atoms with E-state index in [1.807, 2.05) is 6.07 Å². The van der Waals surface area contributed by atoms with Crippen molar-refractivity contribution in [2.45, 2.75) is 26.4 Å². The molecule has 0 aliphatic rings. The molecule has 0 aliphatic heterocycles. The first-order valence-electron chi connectivity index (χ1n) is 7.41. The third-order valence-electron chi connectivity index (χ3n) is 3.30. The molecule has 2 rings (SSSR count). The van der Waals surface area contributed by atoms with Crippen LogP contribution in [0, 0.1) is 22.7 Å². The van der Waals surface area contributed by atoms with Gasteiger partial charge in [0.05, 0.1) is 17.2 Å². The van der Waals surface area contributed by atoms with E-state index in [2.05, 4.69) is 0 Å². The molecule has 0 heterocycles. The lowest BCUT2D eigenvalue weighted by Crippen LogP contribution is -2.23. The van der Waals surface area contributed by atoms with Gasteiger partial charge in [-0.2, -0.15) is 10.5 Å². The van der Waals surface area contributed by atoms with Crippen LogP contribution < -0.4 is 0 Å². The van der Waals surface area contributed by atoms with E-state index < -0.39 is 23.1 Å². The van der Waals surface area contributed by atoms with Crippen molar-refractivity contribution < 1.29 is 19.7 Å². The van der Waals surface area contributed by atoms with E-state index in [4.69, 9.17) is 4.74 Å². The number of ether oxygens (including phenoxy) is 1. The van der Waals surface area contributed by atoms with Gasteiger partial charge in [-0.05, 0) is 38.5 Å². The molecule has 126 valence electrons. The van der Waals surface area contributed by atoms with Gasteiger partial charge in [0.2, 0.25) is 0 Å². The Morgan fingerprint density at radius 1 is 1.12 bits per heavy atom. The highest BCUT2D eigenvalue weighted by Gasteiger charge is 2.21. The molecule has 0 atom stereocenters. The second-order valence-electron chi connectivity index (χ2n) is 6.35. The summed E-state index contributed by atoms with van der Waals surface area (Å²) < 4.78 is 5.31. The minimum Gasteiger partial charge on any atom is -0.504 e. The molecular weight excluding hydrogens is 320 g/mol. The highest BCUT2D eigenvalue weighted by molar-refractivity contribution is 5.92. The molecule has 0 saturated carbocycles. The molecule has 0 aromatic heterocycles. The van der Waals surface area contributed by atoms with Crippen molar-refractivity contribution in [3.8, 4) is 34.8 Å². The van der Waals surface area contributed by atoms with Crippen LogP contribution in [0.2, 0.25) is 0 Å². The van der Waals surface area contributed by atoms with Crippen LogP contribution in [0.15, 0.2) is 30.3 Å². The molecular formula is C19H16N2O4. The number of phenolic OH excluding ortho intramolecular Hbond substituents is 2. The number of benzene rings is 2. The van der Waals surface area contributed by atoms with E-state index in [0.717, 1.165) is 6.07 Å². The molecule has 6 nitrogen and oxygen atoms in total. The van der Waals surface area contributed by atoms with Gasteiger partial charge < -0.3 is 14.9 Å². The van der Waals surface area contributed by atoms with Gasteiger partial charge in [0.25, 0.3) is 0 Å². The Morgan fingerprint density at radius 2 is 1.80 bits per heavy atom. The molecule has 0 bridgehead atoms. The molecule has 0 aliphatic carbocycles. The van der Waals surface area contributed by atoms with Gasteiger partial charge >= 0.3 is 5.97 Å². The smallest absolute Gasteiger partial charge is 0.338 e. The van der Waals surface area contributed by atoms with Crippen LogP contribution in [0.3, 0.4) is 0 Å². The number of hydrogen-bond acceptors (Lipinski definition) is 6. The zero-order chi connectivity index (χ0) is 18.8. The van der Waals surface area contributed by atoms with Crippen LogP contribution in [0.1, 0.15) is 42.3 Å². The topological polar surface area (TPSA) is 114 Å². The molecule has 0 radical (unpaired) electrons. The fourth-order valence-corrected chi connectivity index (χ4v) is 2.29. The second kappa shape index (κ2) is 6.54. The Bertz CT molecular complexity index is 928. The van der Waals surface area contributed by atoms with Crippen LogP contribution in [0.25, 0.3) is 11.1 Å². The maximum atomic E-state index is 12.2. The summed E-state index contributed by atoms with van der Waals surface area (Å²) in [7, 11) is 0. The number of nitriles is 2. The summed E-state index contributed by atoms with van der Waals surface area (Å²) in [5.74, 6) is -1.71. The number of esters is 1. The maximum absolute atomic E-state index is 12.2. The van der Waals surface area contributed by atoms with Gasteiger partial charge in [-0.15, -0.1) is 0 Å². The summed E-state index contributed by atoms with van der Waals surface area (Å²) in [4.78, 5) is 12.2. The van der Waals surface area contributed by atoms with Crippen molar-refractivity contribution in [2.75, 3.05) is 0 Å². The molecule has 2 aromatic rings. The summed E-state index contributed by atoms with van der Waals surface area (Å²) in [6.07, 6.45) is 0. The van der Waals surface area contributed by atoms with Crippen LogP contribution in [-0.4, -0.2) is 21.8 Å². The van der Waals surface area contributed by atoms with Crippen molar-refractivity contribution in [3.63, 3.8) is 0 Å². The van der Waals surface area contributed by atoms with E-state index >= 15 is 0 Å². The van der Waals surface area contributed by atoms with E-state index in [-0.39, 0.29) is 22.3 Å². The zero-order valence-electron chi connectivity index (χ0n) is 14.0. The van der Waals surface area contributed by atoms with Crippen molar-refractivity contribution in [1.82, 2.24) is 0 Å². The number of nitrogens with zero attached hydrogens (tertiary/aromatic N) is 2. The van der Waals surface area contributed by atoms with Crippen LogP contribution in [0.4, 0.5) is 0 Å². The highest BCUT2D eigenvalue weighted by Crippen LogP contribution is 2.39. The summed E-state index contributed by atoms with van der Waals surface area (Å²) in [5.41, 5.74) is -0.129. The van der Waals surface area contributed by atoms with Crippen molar-refractivity contribution >= 4 is 5.97 Å². The number of aromatic hydroxyl groups is 2. The highest BCUT2D eigenvalue weighted by atomic mass is 16.6. The Labute approximate surface area is 145 Å². The largest absolute Gasteiger partial charge is 0.504 e. The Kier molecular flexibility index (Phi) is 4.67. The minimum absolute atomic E-state index is 0.00758. The molecule has 0 saturated heterocycles. The third-order valence-corrected chi connectivity index (χ3v) is 3.30. The molecule has 0 spiro atoms. The fourth-order valence-electron chi connectivity index (χ4n) is 2.29. The summed E-state index contributed by atoms with van der Waals surface area (Å²) in [5, 5.41) is 38.2. The Hall–Kier alpha value is -3.51. The van der Waals surface area contributed by atoms with Gasteiger partial charge in [-0.1, -0.05) is 12.1 Å². The predicted molar refractivity (Wildman–Crippen MR) is 89.8 cm³/mol. The van der Waals surface area contributed by atoms with Crippen molar-refractivity contribution in [3.05, 3.63) is 47.0 Å². The number of carbonyl (C=O) groups excluding carboxylic acids is 1. The lowest BCUT2D eigenvalue weighted by molar-refractivity contribution is 0.00695. The molecule has 25 heavy (non-hydrogen) atoms. The van der Waals surface area contributed by atoms with Gasteiger partial charge in [-0.3, -0.25) is 0 Å². The monoisotopic (exact) mass is 336 g/mol. The number of hydrogen-bond donors (Lipinski definition) is 2. The van der Waals surface area contributed by atoms with E-state index in [1.54, 1.807) is 45.0 Å². The summed E-state index contributed by atoms with van der Waals surface area (Å²) >= 11 is 0. The Morgan fingerprint density at radius 3 is 2.36 bits per heavy atom. The molecule has 0 unspecified atom stereocenters. The van der Waals surface area contributed by atoms with E-state index in [1.165, 1.54) is 6.07 Å². The number of carbonyl (C=O) groups is 1. The Balaban J connectivity index is 2.64. The first-order chi connectivity index (χ1) is 11.7. The standard InChI is InChI=1S/C19H16N2O4/c1-19(2,3)25-18(24)12-6-4-5-11(7-12)16-13(9-20)8-15(22)17(23)14(16)10-21/h4-8,22-23H,1-3H3. The molecule has 6 heteroatoms. The fraction of sp³-hybridized carbons (Fsp3) is 0.211. The lowest BCUT2D eigenvalue weighted by atomic mass is 9.93.